The summed E-state index contributed by atoms with van der Waals surface area (Å²) in [5.74, 6) is -0.834. The van der Waals surface area contributed by atoms with Crippen molar-refractivity contribution >= 4 is 28.5 Å². The molecule has 148 valence electrons. The van der Waals surface area contributed by atoms with Gasteiger partial charge in [-0.3, -0.25) is 0 Å². The highest BCUT2D eigenvalue weighted by Gasteiger charge is 2.23. The Kier molecular flexibility index (Phi) is 6.21. The molecule has 0 bridgehead atoms. The summed E-state index contributed by atoms with van der Waals surface area (Å²) in [5.41, 5.74) is 2.26. The van der Waals surface area contributed by atoms with E-state index in [0.717, 1.165) is 23.9 Å². The molecular weight excluding hydrogens is 383 g/mol. The van der Waals surface area contributed by atoms with Crippen LogP contribution < -0.4 is 10.1 Å². The Bertz CT molecular complexity index is 1020. The third kappa shape index (κ3) is 3.98. The number of carboxylic acid groups (broad SMARTS) is 1. The van der Waals surface area contributed by atoms with E-state index in [0.29, 0.717) is 23.4 Å². The molecule has 0 fully saturated rings. The highest BCUT2D eigenvalue weighted by atomic mass is 35.5. The molecule has 1 aromatic heterocycles. The number of hydrogen-bond acceptors (Lipinski definition) is 3. The van der Waals surface area contributed by atoms with Gasteiger partial charge in [0.15, 0.2) is 0 Å². The minimum Gasteiger partial charge on any atom is -0.497 e. The van der Waals surface area contributed by atoms with Crippen molar-refractivity contribution in [3.05, 3.63) is 64.1 Å². The summed E-state index contributed by atoms with van der Waals surface area (Å²) in [7, 11) is 1.56. The van der Waals surface area contributed by atoms with Crippen LogP contribution in [0.5, 0.6) is 5.75 Å². The molecule has 5 nitrogen and oxygen atoms in total. The fourth-order valence-corrected chi connectivity index (χ4v) is 3.55. The fourth-order valence-electron chi connectivity index (χ4n) is 3.33. The largest absolute Gasteiger partial charge is 0.497 e. The molecule has 0 aliphatic rings. The van der Waals surface area contributed by atoms with Crippen molar-refractivity contribution in [2.45, 2.75) is 26.4 Å². The van der Waals surface area contributed by atoms with Crippen LogP contribution in [-0.4, -0.2) is 29.3 Å². The lowest BCUT2D eigenvalue weighted by Crippen LogP contribution is -2.18. The Morgan fingerprint density at radius 2 is 2.07 bits per heavy atom. The molecule has 7 heteroatoms. The Labute approximate surface area is 167 Å². The van der Waals surface area contributed by atoms with Gasteiger partial charge in [-0.2, -0.15) is 0 Å². The number of rotatable bonds is 8. The molecule has 0 amide bonds. The van der Waals surface area contributed by atoms with Crippen molar-refractivity contribution in [1.82, 2.24) is 9.88 Å². The third-order valence-corrected chi connectivity index (χ3v) is 5.00. The average molecular weight is 405 g/mol. The van der Waals surface area contributed by atoms with Crippen molar-refractivity contribution in [2.24, 2.45) is 0 Å². The highest BCUT2D eigenvalue weighted by Crippen LogP contribution is 2.31. The van der Waals surface area contributed by atoms with E-state index in [1.807, 2.05) is 18.2 Å². The normalized spacial score (nSPS) is 11.1. The number of halogens is 2. The molecule has 28 heavy (non-hydrogen) atoms. The zero-order valence-electron chi connectivity index (χ0n) is 15.8. The number of aromatic nitrogens is 1. The minimum absolute atomic E-state index is 0.187. The molecule has 2 N–H and O–H groups in total. The van der Waals surface area contributed by atoms with Gasteiger partial charge in [0.1, 0.15) is 17.3 Å². The maximum atomic E-state index is 13.4. The van der Waals surface area contributed by atoms with Gasteiger partial charge in [0, 0.05) is 35.1 Å². The lowest BCUT2D eigenvalue weighted by molar-refractivity contribution is 0.0684. The predicted molar refractivity (Wildman–Crippen MR) is 108 cm³/mol. The van der Waals surface area contributed by atoms with Gasteiger partial charge in [0.05, 0.1) is 12.6 Å². The number of nitrogens with one attached hydrogen (secondary N) is 1. The zero-order chi connectivity index (χ0) is 20.3. The molecule has 2 aromatic carbocycles. The van der Waals surface area contributed by atoms with Gasteiger partial charge in [-0.15, -0.1) is 0 Å². The number of hydrogen-bond donors (Lipinski definition) is 2. The molecule has 0 spiro atoms. The second-order valence-electron chi connectivity index (χ2n) is 6.51. The van der Waals surface area contributed by atoms with Gasteiger partial charge in [-0.25, -0.2) is 9.18 Å². The van der Waals surface area contributed by atoms with E-state index in [-0.39, 0.29) is 17.3 Å². The van der Waals surface area contributed by atoms with Crippen molar-refractivity contribution in [3.8, 4) is 5.75 Å². The number of methoxy groups -OCH3 is 1. The number of carboxylic acids is 1. The summed E-state index contributed by atoms with van der Waals surface area (Å²) in [4.78, 5) is 12.2. The van der Waals surface area contributed by atoms with E-state index in [4.69, 9.17) is 16.3 Å². The van der Waals surface area contributed by atoms with Gasteiger partial charge in [0.2, 0.25) is 0 Å². The minimum atomic E-state index is -1.03. The van der Waals surface area contributed by atoms with Crippen LogP contribution in [0.3, 0.4) is 0 Å². The van der Waals surface area contributed by atoms with Crippen LogP contribution in [-0.2, 0) is 13.1 Å². The lowest BCUT2D eigenvalue weighted by Gasteiger charge is -2.11. The van der Waals surface area contributed by atoms with E-state index in [1.165, 1.54) is 12.1 Å². The first-order valence-electron chi connectivity index (χ1n) is 9.03. The van der Waals surface area contributed by atoms with Crippen LogP contribution in [0.15, 0.2) is 36.4 Å². The lowest BCUT2D eigenvalue weighted by atomic mass is 10.1. The molecule has 1 heterocycles. The first kappa shape index (κ1) is 20.2. The van der Waals surface area contributed by atoms with E-state index >= 15 is 0 Å². The number of fused-ring (bicyclic) bond motifs is 1. The molecule has 3 aromatic rings. The molecule has 0 aliphatic carbocycles. The first-order chi connectivity index (χ1) is 13.5. The van der Waals surface area contributed by atoms with Crippen LogP contribution in [0.1, 0.15) is 35.0 Å². The number of ether oxygens (including phenoxy) is 1. The van der Waals surface area contributed by atoms with Crippen LogP contribution in [0.4, 0.5) is 4.39 Å². The summed E-state index contributed by atoms with van der Waals surface area (Å²) in [6, 6.07) is 9.61. The summed E-state index contributed by atoms with van der Waals surface area (Å²) in [5, 5.41) is 14.3. The van der Waals surface area contributed by atoms with Gasteiger partial charge in [0.25, 0.3) is 0 Å². The van der Waals surface area contributed by atoms with Gasteiger partial charge in [-0.1, -0.05) is 24.6 Å². The van der Waals surface area contributed by atoms with Crippen molar-refractivity contribution in [1.29, 1.82) is 0 Å². The summed E-state index contributed by atoms with van der Waals surface area (Å²) in [6.07, 6.45) is 0.945. The summed E-state index contributed by atoms with van der Waals surface area (Å²) < 4.78 is 20.4. The number of nitrogens with zero attached hydrogens (tertiary/aromatic N) is 1. The van der Waals surface area contributed by atoms with E-state index in [9.17, 15) is 14.3 Å². The Morgan fingerprint density at radius 1 is 1.29 bits per heavy atom. The van der Waals surface area contributed by atoms with Gasteiger partial charge < -0.3 is 19.7 Å². The topological polar surface area (TPSA) is 63.5 Å². The molecule has 0 saturated heterocycles. The van der Waals surface area contributed by atoms with Crippen LogP contribution in [0.2, 0.25) is 5.02 Å². The van der Waals surface area contributed by atoms with E-state index in [1.54, 1.807) is 17.7 Å². The third-order valence-electron chi connectivity index (χ3n) is 4.65. The summed E-state index contributed by atoms with van der Waals surface area (Å²) >= 11 is 6.19. The zero-order valence-corrected chi connectivity index (χ0v) is 16.5. The molecule has 0 radical (unpaired) electrons. The molecule has 0 saturated carbocycles. The molecule has 0 atom stereocenters. The van der Waals surface area contributed by atoms with Gasteiger partial charge in [-0.05, 0) is 42.8 Å². The summed E-state index contributed by atoms with van der Waals surface area (Å²) in [6.45, 7) is 3.47. The molecule has 0 unspecified atom stereocenters. The standard InChI is InChI=1S/C21H22ClFN2O3/c1-3-8-24-11-17-16-7-6-15(28-2)10-19(16)25(20(17)21(26)27)12-13-4-5-14(23)9-18(13)22/h4-7,9-10,24H,3,8,11-12H2,1-2H3,(H,26,27). The number of benzene rings is 2. The number of aromatic carboxylic acids is 1. The van der Waals surface area contributed by atoms with Crippen LogP contribution in [0, 0.1) is 5.82 Å². The van der Waals surface area contributed by atoms with Gasteiger partial charge >= 0.3 is 5.97 Å². The second-order valence-corrected chi connectivity index (χ2v) is 6.92. The molecule has 0 aliphatic heterocycles. The average Bonchev–Trinajstić information content (AvgIpc) is 2.97. The smallest absolute Gasteiger partial charge is 0.352 e. The van der Waals surface area contributed by atoms with Crippen LogP contribution in [0.25, 0.3) is 10.9 Å². The maximum absolute atomic E-state index is 13.4. The Morgan fingerprint density at radius 3 is 2.71 bits per heavy atom. The van der Waals surface area contributed by atoms with Crippen molar-refractivity contribution < 1.29 is 19.0 Å². The second kappa shape index (κ2) is 8.63. The quantitative estimate of drug-likeness (QED) is 0.535. The van der Waals surface area contributed by atoms with E-state index in [2.05, 4.69) is 12.2 Å². The number of carbonyl (C=O) groups is 1. The molecular formula is C21H22ClFN2O3. The van der Waals surface area contributed by atoms with Crippen LogP contribution >= 0.6 is 11.6 Å². The SMILES string of the molecule is CCCNCc1c(C(=O)O)n(Cc2ccc(F)cc2Cl)c2cc(OC)ccc12. The maximum Gasteiger partial charge on any atom is 0.352 e. The first-order valence-corrected chi connectivity index (χ1v) is 9.41. The highest BCUT2D eigenvalue weighted by molar-refractivity contribution is 6.31. The Balaban J connectivity index is 2.19. The van der Waals surface area contributed by atoms with Crippen molar-refractivity contribution in [3.63, 3.8) is 0 Å². The Hall–Kier alpha value is -2.57. The monoisotopic (exact) mass is 404 g/mol. The van der Waals surface area contributed by atoms with Crippen molar-refractivity contribution in [2.75, 3.05) is 13.7 Å². The fraction of sp³-hybridized carbons (Fsp3) is 0.286. The molecule has 3 rings (SSSR count). The predicted octanol–water partition coefficient (Wildman–Crippen LogP) is 4.69. The van der Waals surface area contributed by atoms with E-state index < -0.39 is 11.8 Å².